The Balaban J connectivity index is 0.000000211. The Morgan fingerprint density at radius 3 is 1.15 bits per heavy atom. The highest BCUT2D eigenvalue weighted by Gasteiger charge is 2.19. The molecule has 6 aromatic carbocycles. The Hall–Kier alpha value is -6.14. The fraction of sp³-hybridized carbons (Fsp3) is 0.224. The number of amides is 4. The van der Waals surface area contributed by atoms with E-state index in [9.17, 15) is 9.59 Å². The van der Waals surface area contributed by atoms with Crippen LogP contribution in [0.3, 0.4) is 0 Å². The van der Waals surface area contributed by atoms with Gasteiger partial charge in [0.15, 0.2) is 0 Å². The number of para-hydroxylation sites is 2. The number of aryl methyl sites for hydroxylation is 4. The SMILES string of the molecule is CCc1cccc(CC)c1NC(=O)NC(Cc1ccccc1)c1ccccc1.CCc1cccc(CC)c1NC(=O)NC(c1ccccc1)c1ccccc1. The number of benzene rings is 6. The van der Waals surface area contributed by atoms with Crippen molar-refractivity contribution in [2.75, 3.05) is 10.6 Å². The number of anilines is 2. The molecule has 4 N–H and O–H groups in total. The second kappa shape index (κ2) is 20.9. The van der Waals surface area contributed by atoms with E-state index >= 15 is 0 Å². The van der Waals surface area contributed by atoms with Gasteiger partial charge >= 0.3 is 12.1 Å². The van der Waals surface area contributed by atoms with Gasteiger partial charge in [-0.1, -0.05) is 185 Å². The van der Waals surface area contributed by atoms with Crippen LogP contribution in [0, 0.1) is 0 Å². The minimum atomic E-state index is -0.203. The first kappa shape index (κ1) is 40.1. The minimum absolute atomic E-state index is 0.0949. The number of urea groups is 2. The largest absolute Gasteiger partial charge is 0.331 e. The second-order valence-electron chi connectivity index (χ2n) is 13.4. The number of hydrogen-bond acceptors (Lipinski definition) is 2. The Kier molecular flexibility index (Phi) is 15.2. The van der Waals surface area contributed by atoms with Crippen LogP contribution in [0.5, 0.6) is 0 Å². The van der Waals surface area contributed by atoms with Gasteiger partial charge in [0.2, 0.25) is 0 Å². The van der Waals surface area contributed by atoms with Gasteiger partial charge in [-0.2, -0.15) is 0 Å². The van der Waals surface area contributed by atoms with Gasteiger partial charge in [-0.3, -0.25) is 0 Å². The summed E-state index contributed by atoms with van der Waals surface area (Å²) in [4.78, 5) is 25.8. The number of rotatable bonds is 13. The first-order chi connectivity index (χ1) is 26.9. The average Bonchev–Trinajstić information content (AvgIpc) is 3.24. The third-order valence-corrected chi connectivity index (χ3v) is 9.81. The van der Waals surface area contributed by atoms with E-state index in [1.807, 2.05) is 97.1 Å². The van der Waals surface area contributed by atoms with Gasteiger partial charge in [-0.15, -0.1) is 0 Å². The molecule has 0 aliphatic heterocycles. The summed E-state index contributed by atoms with van der Waals surface area (Å²) >= 11 is 0. The molecule has 1 atom stereocenters. The fourth-order valence-electron chi connectivity index (χ4n) is 6.83. The molecule has 0 heterocycles. The first-order valence-corrected chi connectivity index (χ1v) is 19.5. The van der Waals surface area contributed by atoms with Crippen LogP contribution in [-0.4, -0.2) is 12.1 Å². The van der Waals surface area contributed by atoms with Crippen LogP contribution in [0.15, 0.2) is 158 Å². The third kappa shape index (κ3) is 11.4. The van der Waals surface area contributed by atoms with Gasteiger partial charge in [0.1, 0.15) is 0 Å². The van der Waals surface area contributed by atoms with E-state index in [1.165, 1.54) is 5.56 Å². The first-order valence-electron chi connectivity index (χ1n) is 19.5. The lowest BCUT2D eigenvalue weighted by Gasteiger charge is -2.21. The van der Waals surface area contributed by atoms with Gasteiger partial charge in [-0.25, -0.2) is 9.59 Å². The van der Waals surface area contributed by atoms with E-state index in [1.54, 1.807) is 0 Å². The van der Waals surface area contributed by atoms with Crippen molar-refractivity contribution >= 4 is 23.4 Å². The molecule has 0 saturated heterocycles. The molecule has 6 nitrogen and oxygen atoms in total. The predicted octanol–water partition coefficient (Wildman–Crippen LogP) is 11.6. The molecule has 6 heteroatoms. The maximum absolute atomic E-state index is 12.9. The van der Waals surface area contributed by atoms with Crippen LogP contribution in [-0.2, 0) is 32.1 Å². The molecule has 0 bridgehead atoms. The minimum Gasteiger partial charge on any atom is -0.331 e. The third-order valence-electron chi connectivity index (χ3n) is 9.81. The number of carbonyl (C=O) groups excluding carboxylic acids is 2. The van der Waals surface area contributed by atoms with E-state index in [-0.39, 0.29) is 24.1 Å². The Bertz CT molecular complexity index is 1990. The summed E-state index contributed by atoms with van der Waals surface area (Å²) in [5.74, 6) is 0. The molecule has 55 heavy (non-hydrogen) atoms. The number of carbonyl (C=O) groups is 2. The summed E-state index contributed by atoms with van der Waals surface area (Å²) in [6.45, 7) is 8.43. The molecule has 0 saturated carbocycles. The predicted molar refractivity (Wildman–Crippen MR) is 229 cm³/mol. The maximum atomic E-state index is 12.9. The molecule has 0 aliphatic rings. The van der Waals surface area contributed by atoms with Crippen molar-refractivity contribution in [3.8, 4) is 0 Å². The smallest absolute Gasteiger partial charge is 0.320 e. The van der Waals surface area contributed by atoms with Crippen LogP contribution in [0.2, 0.25) is 0 Å². The van der Waals surface area contributed by atoms with Crippen molar-refractivity contribution in [1.82, 2.24) is 10.6 Å². The monoisotopic (exact) mass is 730 g/mol. The lowest BCUT2D eigenvalue weighted by Crippen LogP contribution is -2.34. The molecule has 0 fully saturated rings. The van der Waals surface area contributed by atoms with Crippen LogP contribution in [0.4, 0.5) is 21.0 Å². The van der Waals surface area contributed by atoms with E-state index in [0.717, 1.165) is 82.4 Å². The summed E-state index contributed by atoms with van der Waals surface area (Å²) in [7, 11) is 0. The highest BCUT2D eigenvalue weighted by Crippen LogP contribution is 2.26. The lowest BCUT2D eigenvalue weighted by atomic mass is 9.99. The molecule has 1 unspecified atom stereocenters. The van der Waals surface area contributed by atoms with Crippen LogP contribution < -0.4 is 21.3 Å². The number of nitrogens with one attached hydrogen (secondary N) is 4. The standard InChI is InChI=1S/C25H28N2O.C24H26N2O/c1-3-20-16-11-17-21(4-2)24(20)27-25(28)26-23(22-14-9-6-10-15-22)18-19-12-7-5-8-13-19;1-3-18-16-11-17-19(4-2)22(18)25-24(27)26-23(20-12-7-5-8-13-20)21-14-9-6-10-15-21/h5-17,23H,3-4,18H2,1-2H3,(H2,26,27,28);5-17,23H,3-4H2,1-2H3,(H2,25,26,27). The second-order valence-corrected chi connectivity index (χ2v) is 13.4. The van der Waals surface area contributed by atoms with E-state index < -0.39 is 0 Å². The van der Waals surface area contributed by atoms with Crippen molar-refractivity contribution in [2.24, 2.45) is 0 Å². The summed E-state index contributed by atoms with van der Waals surface area (Å²) < 4.78 is 0. The molecular weight excluding hydrogens is 677 g/mol. The van der Waals surface area contributed by atoms with Gasteiger partial charge in [0, 0.05) is 11.4 Å². The molecule has 6 aromatic rings. The Morgan fingerprint density at radius 2 is 0.764 bits per heavy atom. The van der Waals surface area contributed by atoms with E-state index in [2.05, 4.69) is 110 Å². The van der Waals surface area contributed by atoms with Gasteiger partial charge < -0.3 is 21.3 Å². The molecule has 4 amide bonds. The highest BCUT2D eigenvalue weighted by molar-refractivity contribution is 5.92. The average molecular weight is 731 g/mol. The van der Waals surface area contributed by atoms with Crippen molar-refractivity contribution in [1.29, 1.82) is 0 Å². The van der Waals surface area contributed by atoms with Gasteiger partial charge in [-0.05, 0) is 76.6 Å². The molecular formula is C49H54N4O2. The van der Waals surface area contributed by atoms with Crippen molar-refractivity contribution in [3.05, 3.63) is 202 Å². The highest BCUT2D eigenvalue weighted by atomic mass is 16.2. The quantitative estimate of drug-likeness (QED) is 0.0954. The molecule has 0 aliphatic carbocycles. The summed E-state index contributed by atoms with van der Waals surface area (Å²) in [6.07, 6.45) is 4.27. The van der Waals surface area contributed by atoms with Crippen LogP contribution in [0.25, 0.3) is 0 Å². The van der Waals surface area contributed by atoms with Crippen LogP contribution in [0.1, 0.15) is 84.3 Å². The van der Waals surface area contributed by atoms with E-state index in [4.69, 9.17) is 0 Å². The lowest BCUT2D eigenvalue weighted by molar-refractivity contribution is 0.248. The maximum Gasteiger partial charge on any atom is 0.320 e. The zero-order valence-corrected chi connectivity index (χ0v) is 32.5. The molecule has 282 valence electrons. The van der Waals surface area contributed by atoms with Gasteiger partial charge in [0.25, 0.3) is 0 Å². The molecule has 6 rings (SSSR count). The Morgan fingerprint density at radius 1 is 0.418 bits per heavy atom. The zero-order valence-electron chi connectivity index (χ0n) is 32.5. The topological polar surface area (TPSA) is 82.3 Å². The zero-order chi connectivity index (χ0) is 38.8. The van der Waals surface area contributed by atoms with Crippen molar-refractivity contribution in [2.45, 2.75) is 71.9 Å². The molecule has 0 spiro atoms. The molecule has 0 radical (unpaired) electrons. The summed E-state index contributed by atoms with van der Waals surface area (Å²) in [6, 6.07) is 52.2. The number of hydrogen-bond donors (Lipinski definition) is 4. The fourth-order valence-corrected chi connectivity index (χ4v) is 6.83. The summed E-state index contributed by atoms with van der Waals surface area (Å²) in [5.41, 5.74) is 10.9. The van der Waals surface area contributed by atoms with Gasteiger partial charge in [0.05, 0.1) is 12.1 Å². The van der Waals surface area contributed by atoms with E-state index in [0.29, 0.717) is 0 Å². The Labute approximate surface area is 327 Å². The summed E-state index contributed by atoms with van der Waals surface area (Å²) in [5, 5.41) is 12.6. The van der Waals surface area contributed by atoms with Crippen LogP contribution >= 0.6 is 0 Å². The normalized spacial score (nSPS) is 11.1. The van der Waals surface area contributed by atoms with Crippen molar-refractivity contribution < 1.29 is 9.59 Å². The molecule has 0 aromatic heterocycles. The van der Waals surface area contributed by atoms with Crippen molar-refractivity contribution in [3.63, 3.8) is 0 Å².